The molecule has 2 aliphatic rings. The number of fused-ring (bicyclic) bond motifs is 3. The Bertz CT molecular complexity index is 854. The molecular weight excluding hydrogens is 527 g/mol. The second-order valence-electron chi connectivity index (χ2n) is 8.93. The number of hydrogen-bond donors (Lipinski definition) is 0. The third-order valence-corrected chi connectivity index (χ3v) is 24.1. The van der Waals surface area contributed by atoms with Crippen molar-refractivity contribution in [3.63, 3.8) is 0 Å². The van der Waals surface area contributed by atoms with Gasteiger partial charge in [0.2, 0.25) is 0 Å². The van der Waals surface area contributed by atoms with E-state index < -0.39 is 20.9 Å². The first-order valence-electron chi connectivity index (χ1n) is 12.1. The maximum absolute atomic E-state index is 2.61. The molecule has 0 bridgehead atoms. The van der Waals surface area contributed by atoms with Crippen molar-refractivity contribution in [2.24, 2.45) is 5.92 Å². The van der Waals surface area contributed by atoms with Gasteiger partial charge in [-0.05, 0) is 0 Å². The molecule has 0 atom stereocenters. The van der Waals surface area contributed by atoms with Crippen molar-refractivity contribution in [3.8, 4) is 11.1 Å². The largest absolute Gasteiger partial charge is 1.00 e. The van der Waals surface area contributed by atoms with Gasteiger partial charge in [0, 0.05) is 0 Å². The Morgan fingerprint density at radius 3 is 1.78 bits per heavy atom. The molecule has 4 heteroatoms. The summed E-state index contributed by atoms with van der Waals surface area (Å²) in [6.07, 6.45) is 11.9. The Labute approximate surface area is 218 Å². The molecule has 173 valence electrons. The number of hydrogen-bond acceptors (Lipinski definition) is 0. The molecule has 0 spiro atoms. The normalized spacial score (nSPS) is 14.1. The van der Waals surface area contributed by atoms with Crippen LogP contribution >= 0.6 is 0 Å². The van der Waals surface area contributed by atoms with E-state index in [1.54, 1.807) is 16.7 Å². The molecule has 0 heterocycles. The van der Waals surface area contributed by atoms with Gasteiger partial charge in [0.15, 0.2) is 0 Å². The van der Waals surface area contributed by atoms with Crippen molar-refractivity contribution in [2.45, 2.75) is 70.0 Å². The Morgan fingerprint density at radius 2 is 1.38 bits per heavy atom. The molecule has 2 aromatic carbocycles. The van der Waals surface area contributed by atoms with Crippen molar-refractivity contribution >= 4 is 6.65 Å². The number of halogens is 2. The van der Waals surface area contributed by atoms with Crippen molar-refractivity contribution in [1.82, 2.24) is 0 Å². The Morgan fingerprint density at radius 1 is 0.875 bits per heavy atom. The van der Waals surface area contributed by atoms with Crippen LogP contribution in [-0.4, -0.2) is 6.65 Å². The Kier molecular flexibility index (Phi) is 13.7. The molecule has 0 aliphatic heterocycles. The molecular formula is C28H39Cl2SiZr. The second-order valence-corrected chi connectivity index (χ2v) is 24.9. The van der Waals surface area contributed by atoms with Gasteiger partial charge in [0.25, 0.3) is 0 Å². The van der Waals surface area contributed by atoms with Crippen molar-refractivity contribution in [2.75, 3.05) is 0 Å². The monoisotopic (exact) mass is 563 g/mol. The minimum absolute atomic E-state index is 0. The van der Waals surface area contributed by atoms with E-state index in [0.717, 1.165) is 3.63 Å². The summed E-state index contributed by atoms with van der Waals surface area (Å²) in [6, 6.07) is 18.4. The summed E-state index contributed by atoms with van der Waals surface area (Å²) in [5.74, 6) is 0.675. The molecule has 2 aromatic rings. The van der Waals surface area contributed by atoms with Crippen LogP contribution in [0.3, 0.4) is 0 Å². The van der Waals surface area contributed by atoms with Crippen molar-refractivity contribution < 1.29 is 45.7 Å². The van der Waals surface area contributed by atoms with E-state index in [1.165, 1.54) is 43.2 Å². The minimum atomic E-state index is -1.62. The molecule has 2 aliphatic carbocycles. The van der Waals surface area contributed by atoms with E-state index in [1.807, 2.05) is 3.28 Å². The number of unbranched alkanes of at least 4 members (excludes halogenated alkanes) is 3. The summed E-state index contributed by atoms with van der Waals surface area (Å²) >= 11 is -1.62. The molecule has 0 unspecified atom stereocenters. The van der Waals surface area contributed by atoms with E-state index in [4.69, 9.17) is 0 Å². The molecule has 0 amide bonds. The van der Waals surface area contributed by atoms with Gasteiger partial charge in [0.1, 0.15) is 0 Å². The summed E-state index contributed by atoms with van der Waals surface area (Å²) in [6.45, 7) is 11.7. The smallest absolute Gasteiger partial charge is 1.00 e. The Balaban J connectivity index is 0.000000571. The minimum Gasteiger partial charge on any atom is -1.00 e. The molecule has 0 N–H and O–H groups in total. The molecule has 0 fully saturated rings. The fourth-order valence-corrected chi connectivity index (χ4v) is 21.9. The zero-order valence-corrected chi connectivity index (χ0v) is 25.8. The molecule has 4 rings (SSSR count). The van der Waals surface area contributed by atoms with Crippen LogP contribution in [-0.2, 0) is 20.9 Å². The quantitative estimate of drug-likeness (QED) is 0.356. The number of benzene rings is 2. The predicted molar refractivity (Wildman–Crippen MR) is 134 cm³/mol. The topological polar surface area (TPSA) is 0 Å². The maximum atomic E-state index is 2.61. The van der Waals surface area contributed by atoms with Gasteiger partial charge < -0.3 is 24.8 Å². The van der Waals surface area contributed by atoms with Crippen molar-refractivity contribution in [3.05, 3.63) is 80.7 Å². The first-order chi connectivity index (χ1) is 14.6. The van der Waals surface area contributed by atoms with Crippen LogP contribution in [0.25, 0.3) is 11.1 Å². The maximum Gasteiger partial charge on any atom is -1.00 e. The zero-order valence-electron chi connectivity index (χ0n) is 20.4. The van der Waals surface area contributed by atoms with Crippen LogP contribution in [0.5, 0.6) is 0 Å². The van der Waals surface area contributed by atoms with E-state index >= 15 is 0 Å². The molecule has 32 heavy (non-hydrogen) atoms. The van der Waals surface area contributed by atoms with Gasteiger partial charge >= 0.3 is 156 Å². The van der Waals surface area contributed by atoms with Crippen molar-refractivity contribution in [1.29, 1.82) is 0 Å². The average molecular weight is 566 g/mol. The van der Waals surface area contributed by atoms with Crippen LogP contribution in [0.15, 0.2) is 69.5 Å². The van der Waals surface area contributed by atoms with Gasteiger partial charge in [-0.3, -0.25) is 0 Å². The molecule has 0 saturated carbocycles. The van der Waals surface area contributed by atoms with E-state index in [0.29, 0.717) is 5.92 Å². The summed E-state index contributed by atoms with van der Waals surface area (Å²) < 4.78 is 2.65. The van der Waals surface area contributed by atoms with Gasteiger partial charge in [0.05, 0.1) is 0 Å². The van der Waals surface area contributed by atoms with E-state index in [9.17, 15) is 0 Å². The fourth-order valence-electron chi connectivity index (χ4n) is 4.82. The van der Waals surface area contributed by atoms with E-state index in [2.05, 4.69) is 94.9 Å². The predicted octanol–water partition coefficient (Wildman–Crippen LogP) is 1.97. The van der Waals surface area contributed by atoms with Gasteiger partial charge in [-0.2, -0.15) is 0 Å². The number of rotatable bonds is 7. The average Bonchev–Trinajstić information content (AvgIpc) is 3.38. The number of allylic oxidation sites excluding steroid dienone is 4. The molecule has 0 nitrogen and oxygen atoms in total. The molecule has 0 aromatic heterocycles. The summed E-state index contributed by atoms with van der Waals surface area (Å²) in [5.41, 5.74) is 7.89. The van der Waals surface area contributed by atoms with Crippen LogP contribution in [0.1, 0.15) is 74.6 Å². The second kappa shape index (κ2) is 14.8. The fraction of sp³-hybridized carbons (Fsp3) is 0.429. The molecule has 0 radical (unpaired) electrons. The van der Waals surface area contributed by atoms with Gasteiger partial charge in [-0.25, -0.2) is 0 Å². The summed E-state index contributed by atoms with van der Waals surface area (Å²) in [7, 11) is 0. The third kappa shape index (κ3) is 6.82. The first kappa shape index (κ1) is 29.6. The van der Waals surface area contributed by atoms with Gasteiger partial charge in [-0.1, -0.05) is 39.5 Å². The molecule has 0 saturated heterocycles. The first-order valence-corrected chi connectivity index (χ1v) is 22.1. The standard InChI is InChI=1S/C13H9.C8H11.C6H14.CH5Si.2ClH.Zr/c1-3-7-12-10(5-1)9-11-6-2-4-8-13(11)12;1-7(2)8-5-3-4-6-8;1-3-5-6-4-2;1-2;;;/h1-9H;5-7H,3H2,1-2H3;3-6H2,1-2H3;2H2,1H3;2*1H;/q;;;;;;+2/p-2. The summed E-state index contributed by atoms with van der Waals surface area (Å²) in [4.78, 5) is 0. The van der Waals surface area contributed by atoms with Gasteiger partial charge in [-0.15, -0.1) is 0 Å². The third-order valence-electron chi connectivity index (χ3n) is 6.50. The van der Waals surface area contributed by atoms with E-state index in [-0.39, 0.29) is 31.5 Å². The SMILES string of the molecule is CCCCCC.C[SiH2][Zr+2]([C]1=CC(C(C)C)=CC1)[CH]1c2ccccc2-c2ccccc21.[Cl-].[Cl-]. The van der Waals surface area contributed by atoms with Crippen LogP contribution in [0.2, 0.25) is 6.55 Å². The zero-order chi connectivity index (χ0) is 21.5. The van der Waals surface area contributed by atoms with Crippen LogP contribution in [0, 0.1) is 5.92 Å². The van der Waals surface area contributed by atoms with Crippen LogP contribution < -0.4 is 24.8 Å². The van der Waals surface area contributed by atoms with Crippen LogP contribution in [0.4, 0.5) is 0 Å². The summed E-state index contributed by atoms with van der Waals surface area (Å²) in [5, 5.41) is 0. The Hall–Kier alpha value is -0.400.